The van der Waals surface area contributed by atoms with Crippen LogP contribution < -0.4 is 0 Å². The number of pyridine rings is 2. The van der Waals surface area contributed by atoms with Crippen molar-refractivity contribution < 1.29 is 5.11 Å². The summed E-state index contributed by atoms with van der Waals surface area (Å²) >= 11 is 0. The van der Waals surface area contributed by atoms with E-state index in [2.05, 4.69) is 40.6 Å². The van der Waals surface area contributed by atoms with Gasteiger partial charge in [-0.3, -0.25) is 14.6 Å². The van der Waals surface area contributed by atoms with Crippen molar-refractivity contribution in [3.05, 3.63) is 89.6 Å². The third-order valence-electron chi connectivity index (χ3n) is 6.23. The Kier molecular flexibility index (Phi) is 6.96. The van der Waals surface area contributed by atoms with Gasteiger partial charge in [-0.05, 0) is 59.9 Å². The molecule has 0 spiro atoms. The van der Waals surface area contributed by atoms with Gasteiger partial charge in [-0.15, -0.1) is 0 Å². The molecule has 3 aromatic heterocycles. The third kappa shape index (κ3) is 4.58. The van der Waals surface area contributed by atoms with Gasteiger partial charge in [0.05, 0.1) is 11.2 Å². The lowest BCUT2D eigenvalue weighted by Crippen LogP contribution is -2.30. The molecule has 0 aliphatic carbocycles. The van der Waals surface area contributed by atoms with Crippen LogP contribution in [0.4, 0.5) is 0 Å². The van der Waals surface area contributed by atoms with Gasteiger partial charge in [0.15, 0.2) is 0 Å². The molecule has 1 atom stereocenters. The van der Waals surface area contributed by atoms with E-state index in [0.29, 0.717) is 6.42 Å². The van der Waals surface area contributed by atoms with Gasteiger partial charge >= 0.3 is 0 Å². The van der Waals surface area contributed by atoms with E-state index in [-0.39, 0.29) is 0 Å². The molecule has 32 heavy (non-hydrogen) atoms. The van der Waals surface area contributed by atoms with Gasteiger partial charge in [-0.2, -0.15) is 5.10 Å². The van der Waals surface area contributed by atoms with Crippen molar-refractivity contribution in [3.8, 4) is 0 Å². The van der Waals surface area contributed by atoms with Crippen LogP contribution in [0.1, 0.15) is 61.9 Å². The molecule has 166 valence electrons. The molecule has 4 aromatic rings. The summed E-state index contributed by atoms with van der Waals surface area (Å²) in [6.07, 6.45) is 13.1. The maximum absolute atomic E-state index is 12.1. The van der Waals surface area contributed by atoms with E-state index in [1.165, 1.54) is 24.6 Å². The number of benzene rings is 1. The Balaban J connectivity index is 1.78. The van der Waals surface area contributed by atoms with Crippen LogP contribution in [-0.4, -0.2) is 24.9 Å². The first-order chi connectivity index (χ1) is 15.7. The fourth-order valence-electron chi connectivity index (χ4n) is 4.41. The van der Waals surface area contributed by atoms with Crippen LogP contribution in [0.2, 0.25) is 0 Å². The zero-order valence-electron chi connectivity index (χ0n) is 19.0. The highest BCUT2D eigenvalue weighted by Gasteiger charge is 2.32. The van der Waals surface area contributed by atoms with Crippen LogP contribution in [0.5, 0.6) is 0 Å². The van der Waals surface area contributed by atoms with Crippen LogP contribution in [0.3, 0.4) is 0 Å². The molecule has 1 N–H and O–H groups in total. The number of aryl methyl sites for hydroxylation is 2. The van der Waals surface area contributed by atoms with Crippen molar-refractivity contribution >= 4 is 10.9 Å². The van der Waals surface area contributed by atoms with E-state index < -0.39 is 5.60 Å². The van der Waals surface area contributed by atoms with E-state index in [9.17, 15) is 5.11 Å². The minimum atomic E-state index is -1.18. The van der Waals surface area contributed by atoms with Gasteiger partial charge in [0.25, 0.3) is 0 Å². The van der Waals surface area contributed by atoms with E-state index in [1.807, 2.05) is 30.3 Å². The number of rotatable bonds is 10. The van der Waals surface area contributed by atoms with Crippen LogP contribution in [-0.2, 0) is 25.0 Å². The summed E-state index contributed by atoms with van der Waals surface area (Å²) in [4.78, 5) is 8.28. The number of aliphatic hydroxyl groups is 1. The average Bonchev–Trinajstić information content (AvgIpc) is 3.20. The lowest BCUT2D eigenvalue weighted by Gasteiger charge is -2.30. The highest BCUT2D eigenvalue weighted by Crippen LogP contribution is 2.35. The highest BCUT2D eigenvalue weighted by molar-refractivity contribution is 5.83. The number of unbranched alkanes of at least 4 members (excludes halogenated alkanes) is 3. The standard InChI is InChI=1S/C27H32N4O/c1-3-5-6-7-18-31-26-19-23(8-9-24(26)25(4-2)30-31)27(32,22-12-16-29-17-13-22)20-21-10-14-28-15-11-21/h8-17,19,32H,3-7,18,20H2,1-2H3. The Labute approximate surface area is 190 Å². The number of aromatic nitrogens is 4. The SMILES string of the molecule is CCCCCCn1nc(CC)c2ccc(C(O)(Cc3ccncc3)c3ccncc3)cc21. The van der Waals surface area contributed by atoms with Crippen molar-refractivity contribution in [2.24, 2.45) is 0 Å². The Morgan fingerprint density at radius 1 is 0.844 bits per heavy atom. The van der Waals surface area contributed by atoms with Crippen molar-refractivity contribution in [3.63, 3.8) is 0 Å². The largest absolute Gasteiger partial charge is 0.380 e. The Bertz CT molecular complexity index is 1140. The normalized spacial score (nSPS) is 13.3. The molecular weight excluding hydrogens is 396 g/mol. The molecular formula is C27H32N4O. The third-order valence-corrected chi connectivity index (χ3v) is 6.23. The minimum Gasteiger partial charge on any atom is -0.380 e. The molecule has 4 rings (SSSR count). The van der Waals surface area contributed by atoms with E-state index >= 15 is 0 Å². The summed E-state index contributed by atoms with van der Waals surface area (Å²) in [5.41, 5.74) is 3.75. The van der Waals surface area contributed by atoms with Crippen LogP contribution in [0.15, 0.2) is 67.3 Å². The molecule has 0 bridgehead atoms. The number of nitrogens with zero attached hydrogens (tertiary/aromatic N) is 4. The van der Waals surface area contributed by atoms with Crippen LogP contribution in [0.25, 0.3) is 10.9 Å². The van der Waals surface area contributed by atoms with Crippen LogP contribution >= 0.6 is 0 Å². The molecule has 0 aliphatic rings. The second kappa shape index (κ2) is 10.0. The molecule has 3 heterocycles. The quantitative estimate of drug-likeness (QED) is 0.341. The van der Waals surface area contributed by atoms with Crippen LogP contribution in [0, 0.1) is 0 Å². The molecule has 0 amide bonds. The summed E-state index contributed by atoms with van der Waals surface area (Å²) in [5, 5.41) is 18.2. The maximum Gasteiger partial charge on any atom is 0.119 e. The predicted octanol–water partition coefficient (Wildman–Crippen LogP) is 5.45. The average molecular weight is 429 g/mol. The zero-order chi connectivity index (χ0) is 22.4. The van der Waals surface area contributed by atoms with Gasteiger partial charge in [-0.25, -0.2) is 0 Å². The molecule has 5 nitrogen and oxygen atoms in total. The summed E-state index contributed by atoms with van der Waals surface area (Å²) in [7, 11) is 0. The predicted molar refractivity (Wildman–Crippen MR) is 128 cm³/mol. The summed E-state index contributed by atoms with van der Waals surface area (Å²) in [6, 6.07) is 14.0. The second-order valence-corrected chi connectivity index (χ2v) is 8.44. The van der Waals surface area contributed by atoms with E-state index in [4.69, 9.17) is 5.10 Å². The first kappa shape index (κ1) is 22.2. The topological polar surface area (TPSA) is 63.8 Å². The van der Waals surface area contributed by atoms with Crippen molar-refractivity contribution in [2.75, 3.05) is 0 Å². The van der Waals surface area contributed by atoms with Gasteiger partial charge in [-0.1, -0.05) is 45.2 Å². The lowest BCUT2D eigenvalue weighted by molar-refractivity contribution is 0.0811. The molecule has 1 aromatic carbocycles. The molecule has 0 saturated heterocycles. The first-order valence-electron chi connectivity index (χ1n) is 11.7. The molecule has 0 aliphatic heterocycles. The minimum absolute atomic E-state index is 0.455. The van der Waals surface area contributed by atoms with E-state index in [1.54, 1.807) is 24.8 Å². The maximum atomic E-state index is 12.1. The molecule has 0 saturated carbocycles. The number of hydrogen-bond donors (Lipinski definition) is 1. The highest BCUT2D eigenvalue weighted by atomic mass is 16.3. The fraction of sp³-hybridized carbons (Fsp3) is 0.370. The fourth-order valence-corrected chi connectivity index (χ4v) is 4.41. The van der Waals surface area contributed by atoms with Gasteiger partial charge < -0.3 is 5.11 Å². The van der Waals surface area contributed by atoms with Gasteiger partial charge in [0.1, 0.15) is 5.60 Å². The van der Waals surface area contributed by atoms with E-state index in [0.717, 1.165) is 47.3 Å². The second-order valence-electron chi connectivity index (χ2n) is 8.44. The zero-order valence-corrected chi connectivity index (χ0v) is 19.0. The van der Waals surface area contributed by atoms with Crippen molar-refractivity contribution in [1.29, 1.82) is 0 Å². The molecule has 0 fully saturated rings. The monoisotopic (exact) mass is 428 g/mol. The molecule has 1 unspecified atom stereocenters. The number of fused-ring (bicyclic) bond motifs is 1. The Hall–Kier alpha value is -3.05. The summed E-state index contributed by atoms with van der Waals surface area (Å²) in [6.45, 7) is 5.28. The summed E-state index contributed by atoms with van der Waals surface area (Å²) < 4.78 is 2.13. The van der Waals surface area contributed by atoms with Crippen molar-refractivity contribution in [1.82, 2.24) is 19.7 Å². The first-order valence-corrected chi connectivity index (χ1v) is 11.7. The Morgan fingerprint density at radius 3 is 2.25 bits per heavy atom. The summed E-state index contributed by atoms with van der Waals surface area (Å²) in [5.74, 6) is 0. The molecule has 0 radical (unpaired) electrons. The molecule has 5 heteroatoms. The lowest BCUT2D eigenvalue weighted by atomic mass is 9.81. The van der Waals surface area contributed by atoms with Gasteiger partial charge in [0, 0.05) is 43.1 Å². The number of hydrogen-bond acceptors (Lipinski definition) is 4. The van der Waals surface area contributed by atoms with Gasteiger partial charge in [0.2, 0.25) is 0 Å². The smallest absolute Gasteiger partial charge is 0.119 e. The Morgan fingerprint density at radius 2 is 1.56 bits per heavy atom. The van der Waals surface area contributed by atoms with Crippen molar-refractivity contribution in [2.45, 2.75) is 64.5 Å².